The van der Waals surface area contributed by atoms with E-state index >= 15 is 0 Å². The van der Waals surface area contributed by atoms with Crippen LogP contribution in [0.25, 0.3) is 0 Å². The molecule has 0 aromatic heterocycles. The predicted octanol–water partition coefficient (Wildman–Crippen LogP) is 2.33. The first-order valence-corrected chi connectivity index (χ1v) is 7.84. The van der Waals surface area contributed by atoms with Gasteiger partial charge in [0.25, 0.3) is 0 Å². The quantitative estimate of drug-likeness (QED) is 0.834. The first-order valence-electron chi connectivity index (χ1n) is 7.84. The molecule has 0 aromatic rings. The third kappa shape index (κ3) is 2.45. The highest BCUT2D eigenvalue weighted by Gasteiger charge is 2.45. The molecule has 0 radical (unpaired) electrons. The minimum Gasteiger partial charge on any atom is -0.396 e. The number of rotatable bonds is 4. The third-order valence-corrected chi connectivity index (χ3v) is 5.32. The van der Waals surface area contributed by atoms with Crippen molar-refractivity contribution in [3.63, 3.8) is 0 Å². The smallest absolute Gasteiger partial charge is 0.0697 e. The molecule has 0 aromatic carbocycles. The second kappa shape index (κ2) is 5.48. The molecule has 1 aliphatic carbocycles. The van der Waals surface area contributed by atoms with E-state index in [0.717, 1.165) is 25.1 Å². The lowest BCUT2D eigenvalue weighted by molar-refractivity contribution is -0.149. The molecule has 1 saturated carbocycles. The van der Waals surface area contributed by atoms with Crippen molar-refractivity contribution in [3.8, 4) is 0 Å². The monoisotopic (exact) mass is 253 g/mol. The van der Waals surface area contributed by atoms with E-state index < -0.39 is 0 Å². The van der Waals surface area contributed by atoms with E-state index in [1.165, 1.54) is 57.9 Å². The zero-order chi connectivity index (χ0) is 12.4. The molecule has 1 spiro atoms. The summed E-state index contributed by atoms with van der Waals surface area (Å²) in [6.07, 6.45) is 11.3. The van der Waals surface area contributed by atoms with Crippen LogP contribution in [0.15, 0.2) is 0 Å². The van der Waals surface area contributed by atoms with Crippen LogP contribution in [0, 0.1) is 0 Å². The number of aliphatic hydroxyl groups excluding tert-OH is 1. The highest BCUT2D eigenvalue weighted by atomic mass is 16.5. The molecule has 3 fully saturated rings. The Labute approximate surface area is 110 Å². The molecule has 2 atom stereocenters. The Hall–Kier alpha value is -0.120. The number of ether oxygens (including phenoxy) is 1. The van der Waals surface area contributed by atoms with Gasteiger partial charge >= 0.3 is 0 Å². The van der Waals surface area contributed by atoms with E-state index in [4.69, 9.17) is 9.84 Å². The molecule has 2 aliphatic heterocycles. The van der Waals surface area contributed by atoms with Crippen LogP contribution in [0.1, 0.15) is 57.8 Å². The Morgan fingerprint density at radius 3 is 2.83 bits per heavy atom. The van der Waals surface area contributed by atoms with E-state index in [2.05, 4.69) is 4.90 Å². The molecule has 104 valence electrons. The van der Waals surface area contributed by atoms with Gasteiger partial charge in [0.15, 0.2) is 0 Å². The van der Waals surface area contributed by atoms with Crippen LogP contribution in [-0.2, 0) is 4.74 Å². The van der Waals surface area contributed by atoms with Crippen molar-refractivity contribution in [2.75, 3.05) is 19.8 Å². The van der Waals surface area contributed by atoms with Gasteiger partial charge in [-0.15, -0.1) is 0 Å². The van der Waals surface area contributed by atoms with Gasteiger partial charge in [-0.1, -0.05) is 0 Å². The second-order valence-corrected chi connectivity index (χ2v) is 6.43. The molecule has 3 nitrogen and oxygen atoms in total. The third-order valence-electron chi connectivity index (χ3n) is 5.32. The standard InChI is InChI=1S/C15H27NO2/c17-10-2-5-13-4-1-9-16(13)14-6-11-18-15(12-14)7-3-8-15/h13-14,17H,1-12H2. The van der Waals surface area contributed by atoms with Gasteiger partial charge in [-0.05, 0) is 64.3 Å². The van der Waals surface area contributed by atoms with Crippen LogP contribution >= 0.6 is 0 Å². The molecule has 2 saturated heterocycles. The Morgan fingerprint density at radius 1 is 1.22 bits per heavy atom. The topological polar surface area (TPSA) is 32.7 Å². The maximum absolute atomic E-state index is 9.01. The zero-order valence-electron chi connectivity index (χ0n) is 11.4. The van der Waals surface area contributed by atoms with Crippen LogP contribution < -0.4 is 0 Å². The minimum atomic E-state index is 0.271. The number of aliphatic hydroxyl groups is 1. The molecule has 2 heterocycles. The van der Waals surface area contributed by atoms with E-state index in [-0.39, 0.29) is 5.60 Å². The molecule has 0 amide bonds. The van der Waals surface area contributed by atoms with E-state index in [9.17, 15) is 0 Å². The summed E-state index contributed by atoms with van der Waals surface area (Å²) in [4.78, 5) is 2.75. The highest BCUT2D eigenvalue weighted by Crippen LogP contribution is 2.44. The van der Waals surface area contributed by atoms with Gasteiger partial charge in [-0.3, -0.25) is 4.90 Å². The van der Waals surface area contributed by atoms with Crippen molar-refractivity contribution >= 4 is 0 Å². The lowest BCUT2D eigenvalue weighted by atomic mass is 9.73. The van der Waals surface area contributed by atoms with Gasteiger partial charge in [-0.25, -0.2) is 0 Å². The fourth-order valence-electron chi connectivity index (χ4n) is 4.18. The molecular formula is C15H27NO2. The Bertz CT molecular complexity index is 278. The van der Waals surface area contributed by atoms with Crippen LogP contribution in [0.2, 0.25) is 0 Å². The summed E-state index contributed by atoms with van der Waals surface area (Å²) < 4.78 is 6.04. The summed E-state index contributed by atoms with van der Waals surface area (Å²) in [6, 6.07) is 1.49. The summed E-state index contributed by atoms with van der Waals surface area (Å²) in [5.41, 5.74) is 0.271. The first kappa shape index (κ1) is 12.9. The van der Waals surface area contributed by atoms with Gasteiger partial charge in [0.1, 0.15) is 0 Å². The van der Waals surface area contributed by atoms with Gasteiger partial charge in [0.05, 0.1) is 5.60 Å². The molecule has 2 unspecified atom stereocenters. The van der Waals surface area contributed by atoms with Crippen molar-refractivity contribution in [2.45, 2.75) is 75.5 Å². The van der Waals surface area contributed by atoms with Crippen molar-refractivity contribution < 1.29 is 9.84 Å². The van der Waals surface area contributed by atoms with E-state index in [1.807, 2.05) is 0 Å². The molecule has 3 aliphatic rings. The highest BCUT2D eigenvalue weighted by molar-refractivity contribution is 4.98. The number of likely N-dealkylation sites (tertiary alicyclic amines) is 1. The maximum atomic E-state index is 9.01. The molecule has 0 bridgehead atoms. The van der Waals surface area contributed by atoms with E-state index in [0.29, 0.717) is 6.61 Å². The van der Waals surface area contributed by atoms with Crippen molar-refractivity contribution in [1.82, 2.24) is 4.90 Å². The van der Waals surface area contributed by atoms with Crippen LogP contribution in [0.3, 0.4) is 0 Å². The average molecular weight is 253 g/mol. The fraction of sp³-hybridized carbons (Fsp3) is 1.00. The van der Waals surface area contributed by atoms with Gasteiger partial charge in [0, 0.05) is 25.3 Å². The maximum Gasteiger partial charge on any atom is 0.0697 e. The Kier molecular flexibility index (Phi) is 3.92. The molecule has 18 heavy (non-hydrogen) atoms. The first-order chi connectivity index (χ1) is 8.83. The molecular weight excluding hydrogens is 226 g/mol. The zero-order valence-corrected chi connectivity index (χ0v) is 11.4. The van der Waals surface area contributed by atoms with Crippen molar-refractivity contribution in [2.24, 2.45) is 0 Å². The van der Waals surface area contributed by atoms with Crippen LogP contribution in [0.5, 0.6) is 0 Å². The lowest BCUT2D eigenvalue weighted by Crippen LogP contribution is -2.53. The van der Waals surface area contributed by atoms with E-state index in [1.54, 1.807) is 0 Å². The number of hydrogen-bond acceptors (Lipinski definition) is 3. The summed E-state index contributed by atoms with van der Waals surface area (Å²) in [7, 11) is 0. The SMILES string of the molecule is OCCCC1CCCN1C1CCOC2(CCC2)C1. The van der Waals surface area contributed by atoms with Crippen molar-refractivity contribution in [3.05, 3.63) is 0 Å². The Balaban J connectivity index is 1.58. The van der Waals surface area contributed by atoms with Crippen LogP contribution in [-0.4, -0.2) is 47.4 Å². The Morgan fingerprint density at radius 2 is 2.11 bits per heavy atom. The van der Waals surface area contributed by atoms with Crippen LogP contribution in [0.4, 0.5) is 0 Å². The normalized spacial score (nSPS) is 35.8. The molecule has 1 N–H and O–H groups in total. The lowest BCUT2D eigenvalue weighted by Gasteiger charge is -2.50. The number of hydrogen-bond donors (Lipinski definition) is 1. The molecule has 3 heteroatoms. The average Bonchev–Trinajstić information content (AvgIpc) is 2.83. The summed E-state index contributed by atoms with van der Waals surface area (Å²) >= 11 is 0. The largest absolute Gasteiger partial charge is 0.396 e. The second-order valence-electron chi connectivity index (χ2n) is 6.43. The molecule has 3 rings (SSSR count). The van der Waals surface area contributed by atoms with Gasteiger partial charge in [-0.2, -0.15) is 0 Å². The van der Waals surface area contributed by atoms with Crippen molar-refractivity contribution in [1.29, 1.82) is 0 Å². The summed E-state index contributed by atoms with van der Waals surface area (Å²) in [5, 5.41) is 9.01. The van der Waals surface area contributed by atoms with Gasteiger partial charge in [0.2, 0.25) is 0 Å². The summed E-state index contributed by atoms with van der Waals surface area (Å²) in [5.74, 6) is 0. The minimum absolute atomic E-state index is 0.271. The fourth-order valence-corrected chi connectivity index (χ4v) is 4.18. The van der Waals surface area contributed by atoms with Gasteiger partial charge < -0.3 is 9.84 Å². The number of nitrogens with zero attached hydrogens (tertiary/aromatic N) is 1. The predicted molar refractivity (Wildman–Crippen MR) is 71.6 cm³/mol. The summed E-state index contributed by atoms with van der Waals surface area (Å²) in [6.45, 7) is 2.59.